The van der Waals surface area contributed by atoms with E-state index in [1.165, 1.54) is 0 Å². The summed E-state index contributed by atoms with van der Waals surface area (Å²) in [6, 6.07) is 6.10. The normalized spacial score (nSPS) is 10.8. The molecule has 3 heteroatoms. The van der Waals surface area contributed by atoms with Crippen molar-refractivity contribution in [3.8, 4) is 11.1 Å². The van der Waals surface area contributed by atoms with Crippen molar-refractivity contribution in [2.75, 3.05) is 0 Å². The molecule has 0 aliphatic carbocycles. The summed E-state index contributed by atoms with van der Waals surface area (Å²) in [4.78, 5) is 0. The molecule has 0 aliphatic heterocycles. The van der Waals surface area contributed by atoms with Gasteiger partial charge in [0.15, 0.2) is 0 Å². The highest BCUT2D eigenvalue weighted by atomic mass is 35.5. The van der Waals surface area contributed by atoms with E-state index in [9.17, 15) is 0 Å². The molecule has 0 amide bonds. The zero-order valence-corrected chi connectivity index (χ0v) is 10.4. The Morgan fingerprint density at radius 2 is 2.06 bits per heavy atom. The van der Waals surface area contributed by atoms with Gasteiger partial charge in [-0.1, -0.05) is 35.8 Å². The third-order valence-electron chi connectivity index (χ3n) is 2.76. The molecule has 0 unspecified atom stereocenters. The van der Waals surface area contributed by atoms with Crippen molar-refractivity contribution in [1.82, 2.24) is 5.16 Å². The summed E-state index contributed by atoms with van der Waals surface area (Å²) in [7, 11) is 0. The van der Waals surface area contributed by atoms with Gasteiger partial charge in [-0.15, -0.1) is 0 Å². The number of aromatic nitrogens is 1. The number of nitrogens with zero attached hydrogens (tertiary/aromatic N) is 1. The molecule has 1 aromatic carbocycles. The minimum Gasteiger partial charge on any atom is -0.361 e. The van der Waals surface area contributed by atoms with E-state index < -0.39 is 0 Å². The van der Waals surface area contributed by atoms with Crippen LogP contribution in [0.5, 0.6) is 0 Å². The Hall–Kier alpha value is -1.28. The quantitative estimate of drug-likeness (QED) is 0.781. The predicted octanol–water partition coefficient (Wildman–Crippen LogP) is 4.17. The summed E-state index contributed by atoms with van der Waals surface area (Å²) in [5, 5.41) is 4.75. The number of hydrogen-bond acceptors (Lipinski definition) is 2. The lowest BCUT2D eigenvalue weighted by Gasteiger charge is -2.05. The molecule has 0 aliphatic rings. The van der Waals surface area contributed by atoms with Crippen LogP contribution in [0.2, 0.25) is 5.02 Å². The molecule has 1 heterocycles. The molecular formula is C13H14ClNO. The van der Waals surface area contributed by atoms with Gasteiger partial charge in [-0.3, -0.25) is 0 Å². The fourth-order valence-corrected chi connectivity index (χ4v) is 2.20. The molecule has 0 spiro atoms. The van der Waals surface area contributed by atoms with Gasteiger partial charge in [-0.25, -0.2) is 0 Å². The van der Waals surface area contributed by atoms with Crippen molar-refractivity contribution in [1.29, 1.82) is 0 Å². The molecule has 16 heavy (non-hydrogen) atoms. The summed E-state index contributed by atoms with van der Waals surface area (Å²) in [5.74, 6) is 0.831. The summed E-state index contributed by atoms with van der Waals surface area (Å²) in [6.07, 6.45) is 0.945. The molecule has 2 aromatic rings. The highest BCUT2D eigenvalue weighted by molar-refractivity contribution is 6.31. The van der Waals surface area contributed by atoms with Crippen LogP contribution in [0.25, 0.3) is 11.1 Å². The SMILES string of the molecule is CCc1ccc(-c2c(C)noc2C)cc1Cl. The Kier molecular flexibility index (Phi) is 3.01. The molecule has 2 rings (SSSR count). The van der Waals surface area contributed by atoms with Gasteiger partial charge in [0.1, 0.15) is 5.76 Å². The smallest absolute Gasteiger partial charge is 0.141 e. The van der Waals surface area contributed by atoms with E-state index in [0.29, 0.717) is 0 Å². The zero-order chi connectivity index (χ0) is 11.7. The fourth-order valence-electron chi connectivity index (χ4n) is 1.88. The Balaban J connectivity index is 2.53. The largest absolute Gasteiger partial charge is 0.361 e. The van der Waals surface area contributed by atoms with Crippen LogP contribution in [-0.4, -0.2) is 5.16 Å². The first kappa shape index (κ1) is 11.2. The fraction of sp³-hybridized carbons (Fsp3) is 0.308. The van der Waals surface area contributed by atoms with Crippen molar-refractivity contribution in [3.63, 3.8) is 0 Å². The third-order valence-corrected chi connectivity index (χ3v) is 3.11. The van der Waals surface area contributed by atoms with Gasteiger partial charge >= 0.3 is 0 Å². The van der Waals surface area contributed by atoms with Crippen molar-refractivity contribution in [3.05, 3.63) is 40.2 Å². The minimum absolute atomic E-state index is 0.806. The van der Waals surface area contributed by atoms with Gasteiger partial charge in [-0.05, 0) is 37.5 Å². The molecule has 0 bridgehead atoms. The molecule has 0 saturated carbocycles. The Bertz CT molecular complexity index is 497. The second-order valence-corrected chi connectivity index (χ2v) is 4.27. The van der Waals surface area contributed by atoms with E-state index in [1.54, 1.807) is 0 Å². The Morgan fingerprint density at radius 3 is 2.56 bits per heavy atom. The van der Waals surface area contributed by atoms with Crippen LogP contribution in [0.15, 0.2) is 22.7 Å². The highest BCUT2D eigenvalue weighted by Crippen LogP contribution is 2.30. The number of aryl methyl sites for hydroxylation is 3. The molecule has 1 aromatic heterocycles. The molecule has 84 valence electrons. The number of rotatable bonds is 2. The standard InChI is InChI=1S/C13H14ClNO/c1-4-10-5-6-11(7-12(10)14)13-8(2)15-16-9(13)3/h5-7H,4H2,1-3H3. The summed E-state index contributed by atoms with van der Waals surface area (Å²) >= 11 is 6.20. The van der Waals surface area contributed by atoms with Crippen LogP contribution < -0.4 is 0 Å². The van der Waals surface area contributed by atoms with E-state index in [0.717, 1.165) is 39.6 Å². The first-order chi connectivity index (χ1) is 7.63. The summed E-state index contributed by atoms with van der Waals surface area (Å²) < 4.78 is 5.15. The lowest BCUT2D eigenvalue weighted by Crippen LogP contribution is -1.86. The van der Waals surface area contributed by atoms with Crippen molar-refractivity contribution in [2.24, 2.45) is 0 Å². The van der Waals surface area contributed by atoms with Crippen molar-refractivity contribution < 1.29 is 4.52 Å². The second kappa shape index (κ2) is 4.30. The van der Waals surface area contributed by atoms with Gasteiger partial charge in [-0.2, -0.15) is 0 Å². The van der Waals surface area contributed by atoms with Crippen LogP contribution in [0.3, 0.4) is 0 Å². The molecule has 0 N–H and O–H groups in total. The monoisotopic (exact) mass is 235 g/mol. The van der Waals surface area contributed by atoms with Crippen LogP contribution in [0.1, 0.15) is 23.9 Å². The van der Waals surface area contributed by atoms with E-state index in [-0.39, 0.29) is 0 Å². The van der Waals surface area contributed by atoms with E-state index >= 15 is 0 Å². The molecule has 0 radical (unpaired) electrons. The highest BCUT2D eigenvalue weighted by Gasteiger charge is 2.12. The third kappa shape index (κ3) is 1.85. The molecule has 0 fully saturated rings. The zero-order valence-electron chi connectivity index (χ0n) is 9.67. The summed E-state index contributed by atoms with van der Waals surface area (Å²) in [5.41, 5.74) is 4.18. The van der Waals surface area contributed by atoms with E-state index in [2.05, 4.69) is 24.2 Å². The van der Waals surface area contributed by atoms with Crippen molar-refractivity contribution >= 4 is 11.6 Å². The van der Waals surface area contributed by atoms with Gasteiger partial charge in [0, 0.05) is 10.6 Å². The van der Waals surface area contributed by atoms with Crippen LogP contribution >= 0.6 is 11.6 Å². The van der Waals surface area contributed by atoms with Crippen LogP contribution in [0.4, 0.5) is 0 Å². The lowest BCUT2D eigenvalue weighted by molar-refractivity contribution is 0.393. The Labute approximate surface area is 100 Å². The number of halogens is 1. The van der Waals surface area contributed by atoms with Crippen LogP contribution in [-0.2, 0) is 6.42 Å². The molecule has 2 nitrogen and oxygen atoms in total. The minimum atomic E-state index is 0.806. The van der Waals surface area contributed by atoms with Gasteiger partial charge < -0.3 is 4.52 Å². The van der Waals surface area contributed by atoms with Gasteiger partial charge in [0.05, 0.1) is 5.69 Å². The topological polar surface area (TPSA) is 26.0 Å². The maximum Gasteiger partial charge on any atom is 0.141 e. The van der Waals surface area contributed by atoms with Gasteiger partial charge in [0.25, 0.3) is 0 Å². The maximum atomic E-state index is 6.20. The average Bonchev–Trinajstić information content (AvgIpc) is 2.58. The van der Waals surface area contributed by atoms with E-state index in [4.69, 9.17) is 16.1 Å². The second-order valence-electron chi connectivity index (χ2n) is 3.86. The predicted molar refractivity (Wildman–Crippen MR) is 65.8 cm³/mol. The van der Waals surface area contributed by atoms with Crippen LogP contribution in [0, 0.1) is 13.8 Å². The number of hydrogen-bond donors (Lipinski definition) is 0. The lowest BCUT2D eigenvalue weighted by atomic mass is 10.0. The van der Waals surface area contributed by atoms with Gasteiger partial charge in [0.2, 0.25) is 0 Å². The first-order valence-corrected chi connectivity index (χ1v) is 5.73. The maximum absolute atomic E-state index is 6.20. The Morgan fingerprint density at radius 1 is 1.31 bits per heavy atom. The molecule has 0 atom stereocenters. The molecule has 0 saturated heterocycles. The number of benzene rings is 1. The van der Waals surface area contributed by atoms with E-state index in [1.807, 2.05) is 19.9 Å². The first-order valence-electron chi connectivity index (χ1n) is 5.35. The van der Waals surface area contributed by atoms with Crippen molar-refractivity contribution in [2.45, 2.75) is 27.2 Å². The summed E-state index contributed by atoms with van der Waals surface area (Å²) in [6.45, 7) is 5.95. The average molecular weight is 236 g/mol. The molecular weight excluding hydrogens is 222 g/mol.